The van der Waals surface area contributed by atoms with Gasteiger partial charge in [0.1, 0.15) is 6.17 Å². The van der Waals surface area contributed by atoms with Crippen LogP contribution in [0, 0.1) is 11.3 Å². The molecule has 2 aliphatic carbocycles. The van der Waals surface area contributed by atoms with Gasteiger partial charge in [-0.3, -0.25) is 4.79 Å². The fourth-order valence-corrected chi connectivity index (χ4v) is 6.28. The zero-order valence-corrected chi connectivity index (χ0v) is 19.0. The van der Waals surface area contributed by atoms with Crippen molar-refractivity contribution in [2.75, 3.05) is 12.8 Å². The van der Waals surface area contributed by atoms with E-state index in [0.29, 0.717) is 13.0 Å². The largest absolute Gasteiger partial charge is 0.337 e. The molecule has 2 saturated carbocycles. The lowest BCUT2D eigenvalue weighted by molar-refractivity contribution is -0.141. The average molecular weight is 457 g/mol. The van der Waals surface area contributed by atoms with Crippen LogP contribution in [-0.2, 0) is 21.2 Å². The molecule has 2 unspecified atom stereocenters. The fraction of sp³-hybridized carbons (Fsp3) is 0.480. The summed E-state index contributed by atoms with van der Waals surface area (Å²) < 4.78 is 40.7. The standard InChI is InChI=1S/C25H29FN2O3S/c1-32(30,31)27-23-22(13-17-6-5-9-19(12-17)18-7-3-2-4-8-18)28(16-25(23)10-11-25)24(29)20-14-21(26)15-20/h2-9,12,20-23,27H,10-11,13-16H2,1H3. The van der Waals surface area contributed by atoms with Gasteiger partial charge in [-0.2, -0.15) is 0 Å². The summed E-state index contributed by atoms with van der Waals surface area (Å²) in [5.41, 5.74) is 3.07. The number of sulfonamides is 1. The van der Waals surface area contributed by atoms with Crippen LogP contribution < -0.4 is 4.72 Å². The first-order chi connectivity index (χ1) is 15.2. The molecule has 7 heteroatoms. The van der Waals surface area contributed by atoms with Gasteiger partial charge in [0, 0.05) is 23.9 Å². The molecule has 1 N–H and O–H groups in total. The maximum Gasteiger partial charge on any atom is 0.226 e. The van der Waals surface area contributed by atoms with Gasteiger partial charge in [-0.25, -0.2) is 17.5 Å². The molecule has 3 aliphatic rings. The number of alkyl halides is 1. The summed E-state index contributed by atoms with van der Waals surface area (Å²) in [6.45, 7) is 0.551. The Balaban J connectivity index is 1.45. The zero-order chi connectivity index (χ0) is 22.5. The van der Waals surface area contributed by atoms with Gasteiger partial charge in [0.05, 0.1) is 12.3 Å². The number of nitrogens with zero attached hydrogens (tertiary/aromatic N) is 1. The third kappa shape index (κ3) is 4.20. The number of benzene rings is 2. The van der Waals surface area contributed by atoms with Gasteiger partial charge in [-0.05, 0) is 48.8 Å². The normalized spacial score (nSPS) is 28.5. The number of amides is 1. The molecule has 1 saturated heterocycles. The molecular formula is C25H29FN2O3S. The van der Waals surface area contributed by atoms with E-state index < -0.39 is 16.2 Å². The third-order valence-corrected chi connectivity index (χ3v) is 8.04. The second-order valence-corrected chi connectivity index (χ2v) is 11.6. The molecule has 0 radical (unpaired) electrons. The van der Waals surface area contributed by atoms with E-state index in [1.54, 1.807) is 0 Å². The van der Waals surface area contributed by atoms with Gasteiger partial charge in [-0.1, -0.05) is 54.6 Å². The molecule has 0 aromatic heterocycles. The fourth-order valence-electron chi connectivity index (χ4n) is 5.41. The average Bonchev–Trinajstić information content (AvgIpc) is 3.47. The minimum atomic E-state index is -3.43. The molecule has 0 bridgehead atoms. The van der Waals surface area contributed by atoms with Gasteiger partial charge in [-0.15, -0.1) is 0 Å². The number of hydrogen-bond acceptors (Lipinski definition) is 3. The van der Waals surface area contributed by atoms with E-state index in [4.69, 9.17) is 0 Å². The summed E-state index contributed by atoms with van der Waals surface area (Å²) in [6, 6.07) is 17.7. The minimum Gasteiger partial charge on any atom is -0.337 e. The van der Waals surface area contributed by atoms with Crippen molar-refractivity contribution < 1.29 is 17.6 Å². The van der Waals surface area contributed by atoms with Crippen LogP contribution in [0.25, 0.3) is 11.1 Å². The molecule has 5 nitrogen and oxygen atoms in total. The van der Waals surface area contributed by atoms with Crippen molar-refractivity contribution in [3.8, 4) is 11.1 Å². The first kappa shape index (κ1) is 21.6. The monoisotopic (exact) mass is 456 g/mol. The van der Waals surface area contributed by atoms with Gasteiger partial charge < -0.3 is 4.90 Å². The molecule has 1 spiro atoms. The topological polar surface area (TPSA) is 66.5 Å². The van der Waals surface area contributed by atoms with Crippen molar-refractivity contribution in [3.63, 3.8) is 0 Å². The predicted molar refractivity (Wildman–Crippen MR) is 122 cm³/mol. The first-order valence-corrected chi connectivity index (χ1v) is 13.2. The molecule has 2 aromatic rings. The van der Waals surface area contributed by atoms with E-state index in [1.807, 2.05) is 35.2 Å². The summed E-state index contributed by atoms with van der Waals surface area (Å²) in [7, 11) is -3.43. The van der Waals surface area contributed by atoms with E-state index in [-0.39, 0.29) is 42.2 Å². The van der Waals surface area contributed by atoms with Gasteiger partial charge in [0.25, 0.3) is 0 Å². The van der Waals surface area contributed by atoms with Crippen LogP contribution in [0.2, 0.25) is 0 Å². The SMILES string of the molecule is CS(=O)(=O)NC1C(Cc2cccc(-c3ccccc3)c2)N(C(=O)C2CC(F)C2)CC12CC2. The number of rotatable bonds is 6. The molecule has 170 valence electrons. The minimum absolute atomic E-state index is 0.0211. The van der Waals surface area contributed by atoms with Crippen LogP contribution >= 0.6 is 0 Å². The Labute approximate surface area is 189 Å². The van der Waals surface area contributed by atoms with Crippen LogP contribution in [0.5, 0.6) is 0 Å². The first-order valence-electron chi connectivity index (χ1n) is 11.3. The highest BCUT2D eigenvalue weighted by Crippen LogP contribution is 2.56. The van der Waals surface area contributed by atoms with Crippen LogP contribution in [0.4, 0.5) is 4.39 Å². The van der Waals surface area contributed by atoms with Gasteiger partial charge >= 0.3 is 0 Å². The van der Waals surface area contributed by atoms with Crippen molar-refractivity contribution in [1.29, 1.82) is 0 Å². The highest BCUT2D eigenvalue weighted by Gasteiger charge is 2.61. The summed E-state index contributed by atoms with van der Waals surface area (Å²) in [5, 5.41) is 0. The summed E-state index contributed by atoms with van der Waals surface area (Å²) >= 11 is 0. The Hall–Kier alpha value is -2.25. The molecule has 3 fully saturated rings. The Morgan fingerprint density at radius 2 is 1.78 bits per heavy atom. The second kappa shape index (κ2) is 7.96. The van der Waals surface area contributed by atoms with Gasteiger partial charge in [0.15, 0.2) is 0 Å². The van der Waals surface area contributed by atoms with Crippen LogP contribution in [-0.4, -0.2) is 50.3 Å². The van der Waals surface area contributed by atoms with Crippen LogP contribution in [0.1, 0.15) is 31.2 Å². The smallest absolute Gasteiger partial charge is 0.226 e. The summed E-state index contributed by atoms with van der Waals surface area (Å²) in [4.78, 5) is 15.1. The Kier molecular flexibility index (Phi) is 5.37. The molecule has 2 aromatic carbocycles. The maximum absolute atomic E-state index is 13.5. The number of likely N-dealkylation sites (tertiary alicyclic amines) is 1. The number of carbonyl (C=O) groups is 1. The quantitative estimate of drug-likeness (QED) is 0.723. The molecule has 1 heterocycles. The van der Waals surface area contributed by atoms with Crippen molar-refractivity contribution in [3.05, 3.63) is 60.2 Å². The zero-order valence-electron chi connectivity index (χ0n) is 18.2. The highest BCUT2D eigenvalue weighted by atomic mass is 32.2. The summed E-state index contributed by atoms with van der Waals surface area (Å²) in [6.07, 6.45) is 3.22. The Bertz CT molecular complexity index is 1110. The number of halogens is 1. The maximum atomic E-state index is 13.5. The van der Waals surface area contributed by atoms with Crippen molar-refractivity contribution >= 4 is 15.9 Å². The second-order valence-electron chi connectivity index (χ2n) is 9.80. The lowest BCUT2D eigenvalue weighted by atomic mass is 9.82. The number of nitrogens with one attached hydrogen (secondary N) is 1. The van der Waals surface area contributed by atoms with E-state index in [9.17, 15) is 17.6 Å². The van der Waals surface area contributed by atoms with Crippen LogP contribution in [0.3, 0.4) is 0 Å². The van der Waals surface area contributed by atoms with Crippen LogP contribution in [0.15, 0.2) is 54.6 Å². The highest BCUT2D eigenvalue weighted by molar-refractivity contribution is 7.88. The number of hydrogen-bond donors (Lipinski definition) is 1. The van der Waals surface area contributed by atoms with Crippen molar-refractivity contribution in [2.45, 2.75) is 50.4 Å². The Morgan fingerprint density at radius 3 is 2.41 bits per heavy atom. The van der Waals surface area contributed by atoms with E-state index in [0.717, 1.165) is 29.5 Å². The lowest BCUT2D eigenvalue weighted by Crippen LogP contribution is -2.51. The van der Waals surface area contributed by atoms with Crippen molar-refractivity contribution in [1.82, 2.24) is 9.62 Å². The Morgan fingerprint density at radius 1 is 1.09 bits per heavy atom. The predicted octanol–water partition coefficient (Wildman–Crippen LogP) is 3.55. The molecule has 32 heavy (non-hydrogen) atoms. The van der Waals surface area contributed by atoms with E-state index in [2.05, 4.69) is 29.0 Å². The summed E-state index contributed by atoms with van der Waals surface area (Å²) in [5.74, 6) is -0.303. The van der Waals surface area contributed by atoms with E-state index >= 15 is 0 Å². The molecular weight excluding hydrogens is 427 g/mol. The molecule has 2 atom stereocenters. The molecule has 1 amide bonds. The van der Waals surface area contributed by atoms with Crippen molar-refractivity contribution in [2.24, 2.45) is 11.3 Å². The van der Waals surface area contributed by atoms with E-state index in [1.165, 1.54) is 6.26 Å². The lowest BCUT2D eigenvalue weighted by Gasteiger charge is -2.36. The molecule has 1 aliphatic heterocycles. The van der Waals surface area contributed by atoms with Gasteiger partial charge in [0.2, 0.25) is 15.9 Å². The molecule has 5 rings (SSSR count). The number of carbonyl (C=O) groups excluding carboxylic acids is 1. The third-order valence-electron chi connectivity index (χ3n) is 7.36.